The van der Waals surface area contributed by atoms with E-state index in [0.29, 0.717) is 16.7 Å². The molecule has 1 aromatic heterocycles. The van der Waals surface area contributed by atoms with E-state index in [4.69, 9.17) is 0 Å². The summed E-state index contributed by atoms with van der Waals surface area (Å²) in [5.74, 6) is 0. The van der Waals surface area contributed by atoms with E-state index in [0.717, 1.165) is 0 Å². The van der Waals surface area contributed by atoms with Gasteiger partial charge in [0.2, 0.25) is 0 Å². The zero-order valence-corrected chi connectivity index (χ0v) is 14.0. The van der Waals surface area contributed by atoms with Gasteiger partial charge in [0.05, 0.1) is 5.69 Å². The maximum absolute atomic E-state index is 14.1. The minimum absolute atomic E-state index is 0.340. The fourth-order valence-corrected chi connectivity index (χ4v) is 2.65. The van der Waals surface area contributed by atoms with Gasteiger partial charge in [-0.05, 0) is 55.3 Å². The molecule has 1 N–H and O–H groups in total. The molecule has 6 heteroatoms. The molecule has 0 amide bonds. The standard InChI is InChI=1S/C13H20BrFN2OS/c1-5-9(15)12(17-19(18)13(2,3)4)10-7-6-8-11(14)16-10/h6-9,12,17H,5H2,1-4H3/t9-,12-,19+/m0/s1. The summed E-state index contributed by atoms with van der Waals surface area (Å²) in [7, 11) is 0. The van der Waals surface area contributed by atoms with Gasteiger partial charge in [-0.3, -0.25) is 0 Å². The Hall–Kier alpha value is -0.170. The van der Waals surface area contributed by atoms with Crippen LogP contribution in [-0.4, -0.2) is 20.5 Å². The van der Waals surface area contributed by atoms with E-state index in [-0.39, 0.29) is 0 Å². The summed E-state index contributed by atoms with van der Waals surface area (Å²) in [6.07, 6.45) is -0.791. The zero-order valence-electron chi connectivity index (χ0n) is 11.6. The number of aromatic nitrogens is 1. The van der Waals surface area contributed by atoms with Crippen molar-refractivity contribution in [2.45, 2.75) is 51.1 Å². The van der Waals surface area contributed by atoms with Crippen molar-refractivity contribution in [3.05, 3.63) is 28.5 Å². The van der Waals surface area contributed by atoms with Crippen molar-refractivity contribution >= 4 is 27.3 Å². The number of nitrogens with one attached hydrogen (secondary N) is 1. The van der Waals surface area contributed by atoms with Crippen LogP contribution in [0.4, 0.5) is 4.39 Å². The van der Waals surface area contributed by atoms with Gasteiger partial charge >= 0.3 is 0 Å². The molecule has 0 aliphatic heterocycles. The normalized spacial score (nSPS) is 17.0. The number of hydrogen-bond acceptors (Lipinski definition) is 3. The van der Waals surface area contributed by atoms with Crippen LogP contribution in [0.1, 0.15) is 45.9 Å². The molecule has 0 saturated carbocycles. The average molecular weight is 351 g/mol. The quantitative estimate of drug-likeness (QED) is 0.650. The molecule has 1 aromatic rings. The van der Waals surface area contributed by atoms with Crippen LogP contribution in [0, 0.1) is 0 Å². The number of halogens is 2. The van der Waals surface area contributed by atoms with E-state index < -0.39 is 28.3 Å². The molecular formula is C13H20BrFN2OS. The van der Waals surface area contributed by atoms with Gasteiger partial charge in [0.15, 0.2) is 0 Å². The molecule has 0 radical (unpaired) electrons. The maximum atomic E-state index is 14.1. The Balaban J connectivity index is 2.96. The third kappa shape index (κ3) is 5.02. The number of pyridine rings is 1. The lowest BCUT2D eigenvalue weighted by molar-refractivity contribution is 0.259. The Morgan fingerprint density at radius 2 is 2.11 bits per heavy atom. The van der Waals surface area contributed by atoms with Gasteiger partial charge in [0, 0.05) is 11.4 Å². The van der Waals surface area contributed by atoms with Gasteiger partial charge in [-0.2, -0.15) is 0 Å². The first kappa shape index (κ1) is 16.9. The molecule has 108 valence electrons. The van der Waals surface area contributed by atoms with E-state index >= 15 is 0 Å². The van der Waals surface area contributed by atoms with Crippen LogP contribution < -0.4 is 4.72 Å². The Bertz CT molecular complexity index is 414. The SMILES string of the molecule is CC[C@H](F)[C@H](N[S@+]([O-])C(C)(C)C)c1cccc(Br)n1. The van der Waals surface area contributed by atoms with E-state index in [1.54, 1.807) is 25.1 Å². The topological polar surface area (TPSA) is 48.0 Å². The second-order valence-electron chi connectivity index (χ2n) is 5.29. The maximum Gasteiger partial charge on any atom is 0.136 e. The lowest BCUT2D eigenvalue weighted by Crippen LogP contribution is -2.44. The minimum atomic E-state index is -1.34. The van der Waals surface area contributed by atoms with E-state index in [2.05, 4.69) is 25.6 Å². The van der Waals surface area contributed by atoms with Crippen LogP contribution in [0.2, 0.25) is 0 Å². The Morgan fingerprint density at radius 3 is 2.58 bits per heavy atom. The lowest BCUT2D eigenvalue weighted by atomic mass is 10.1. The molecule has 0 fully saturated rings. The predicted molar refractivity (Wildman–Crippen MR) is 80.9 cm³/mol. The summed E-state index contributed by atoms with van der Waals surface area (Å²) in [4.78, 5) is 4.26. The van der Waals surface area contributed by atoms with E-state index in [1.165, 1.54) is 0 Å². The summed E-state index contributed by atoms with van der Waals surface area (Å²) in [6.45, 7) is 7.30. The van der Waals surface area contributed by atoms with Crippen LogP contribution in [0.5, 0.6) is 0 Å². The Kier molecular flexibility index (Phi) is 6.23. The molecule has 3 atom stereocenters. The highest BCUT2D eigenvalue weighted by molar-refractivity contribution is 9.10. The van der Waals surface area contributed by atoms with Crippen molar-refractivity contribution in [3.63, 3.8) is 0 Å². The number of alkyl halides is 1. The summed E-state index contributed by atoms with van der Waals surface area (Å²) >= 11 is 1.93. The molecule has 1 heterocycles. The lowest BCUT2D eigenvalue weighted by Gasteiger charge is -2.29. The van der Waals surface area contributed by atoms with Gasteiger partial charge in [-0.25, -0.2) is 9.37 Å². The van der Waals surface area contributed by atoms with Crippen LogP contribution in [0.3, 0.4) is 0 Å². The Labute approximate surface area is 125 Å². The second kappa shape index (κ2) is 7.02. The zero-order chi connectivity index (χ0) is 14.6. The van der Waals surface area contributed by atoms with Gasteiger partial charge < -0.3 is 4.55 Å². The monoisotopic (exact) mass is 350 g/mol. The average Bonchev–Trinajstić information content (AvgIpc) is 2.33. The van der Waals surface area contributed by atoms with Crippen molar-refractivity contribution in [2.24, 2.45) is 0 Å². The highest BCUT2D eigenvalue weighted by Gasteiger charge is 2.33. The van der Waals surface area contributed by atoms with Crippen LogP contribution in [0.25, 0.3) is 0 Å². The van der Waals surface area contributed by atoms with Crippen LogP contribution >= 0.6 is 15.9 Å². The van der Waals surface area contributed by atoms with Crippen molar-refractivity contribution < 1.29 is 8.94 Å². The Morgan fingerprint density at radius 1 is 1.47 bits per heavy atom. The molecule has 0 aliphatic carbocycles. The highest BCUT2D eigenvalue weighted by atomic mass is 79.9. The first-order valence-electron chi connectivity index (χ1n) is 6.20. The van der Waals surface area contributed by atoms with Crippen molar-refractivity contribution in [1.29, 1.82) is 0 Å². The largest absolute Gasteiger partial charge is 0.598 e. The molecular weight excluding hydrogens is 331 g/mol. The second-order valence-corrected chi connectivity index (χ2v) is 8.10. The fraction of sp³-hybridized carbons (Fsp3) is 0.615. The fourth-order valence-electron chi connectivity index (χ4n) is 1.44. The molecule has 0 aromatic carbocycles. The van der Waals surface area contributed by atoms with Gasteiger partial charge in [-0.15, -0.1) is 4.72 Å². The molecule has 3 nitrogen and oxygen atoms in total. The summed E-state index contributed by atoms with van der Waals surface area (Å²) in [5, 5.41) is 0. The molecule has 1 rings (SSSR count). The van der Waals surface area contributed by atoms with Crippen LogP contribution in [0.15, 0.2) is 22.8 Å². The third-order valence-electron chi connectivity index (χ3n) is 2.60. The van der Waals surface area contributed by atoms with Gasteiger partial charge in [0.1, 0.15) is 21.6 Å². The van der Waals surface area contributed by atoms with Crippen LogP contribution in [-0.2, 0) is 11.4 Å². The van der Waals surface area contributed by atoms with Crippen molar-refractivity contribution in [2.75, 3.05) is 0 Å². The summed E-state index contributed by atoms with van der Waals surface area (Å²) in [6, 6.07) is 4.65. The summed E-state index contributed by atoms with van der Waals surface area (Å²) < 4.78 is 29.3. The van der Waals surface area contributed by atoms with Gasteiger partial charge in [0.25, 0.3) is 0 Å². The summed E-state index contributed by atoms with van der Waals surface area (Å²) in [5.41, 5.74) is 0.557. The first-order valence-corrected chi connectivity index (χ1v) is 8.14. The minimum Gasteiger partial charge on any atom is -0.598 e. The smallest absolute Gasteiger partial charge is 0.136 e. The highest BCUT2D eigenvalue weighted by Crippen LogP contribution is 2.25. The molecule has 0 spiro atoms. The molecule has 0 saturated heterocycles. The molecule has 0 aliphatic rings. The van der Waals surface area contributed by atoms with E-state index in [1.807, 2.05) is 20.8 Å². The number of hydrogen-bond donors (Lipinski definition) is 1. The van der Waals surface area contributed by atoms with Crippen molar-refractivity contribution in [1.82, 2.24) is 9.71 Å². The molecule has 0 bridgehead atoms. The predicted octanol–water partition coefficient (Wildman–Crippen LogP) is 3.69. The number of rotatable bonds is 5. The third-order valence-corrected chi connectivity index (χ3v) is 4.62. The van der Waals surface area contributed by atoms with E-state index in [9.17, 15) is 8.94 Å². The van der Waals surface area contributed by atoms with Crippen molar-refractivity contribution in [3.8, 4) is 0 Å². The van der Waals surface area contributed by atoms with Gasteiger partial charge in [-0.1, -0.05) is 13.0 Å². The number of nitrogens with zero attached hydrogens (tertiary/aromatic N) is 1. The molecule has 0 unspecified atom stereocenters. The molecule has 19 heavy (non-hydrogen) atoms. The first-order chi connectivity index (χ1) is 8.75.